The molecular formula is C25H41N3O3. The molecule has 0 aromatic heterocycles. The minimum atomic E-state index is 0.0482. The average molecular weight is 432 g/mol. The van der Waals surface area contributed by atoms with Gasteiger partial charge in [-0.2, -0.15) is 0 Å². The quantitative estimate of drug-likeness (QED) is 0.588. The Bertz CT molecular complexity index is 636. The molecule has 0 aliphatic carbocycles. The van der Waals surface area contributed by atoms with Crippen LogP contribution in [0.3, 0.4) is 0 Å². The van der Waals surface area contributed by atoms with Crippen LogP contribution in [0.5, 0.6) is 0 Å². The van der Waals surface area contributed by atoms with Gasteiger partial charge >= 0.3 is 6.03 Å². The number of nitrogens with one attached hydrogen (secondary N) is 2. The lowest BCUT2D eigenvalue weighted by Crippen LogP contribution is -2.52. The van der Waals surface area contributed by atoms with Crippen LogP contribution in [0.2, 0.25) is 0 Å². The fourth-order valence-corrected chi connectivity index (χ4v) is 4.92. The van der Waals surface area contributed by atoms with Crippen molar-refractivity contribution in [2.75, 3.05) is 46.5 Å². The smallest absolute Gasteiger partial charge is 0.317 e. The zero-order valence-corrected chi connectivity index (χ0v) is 19.4. The van der Waals surface area contributed by atoms with Crippen LogP contribution in [-0.4, -0.2) is 63.5 Å². The first-order valence-corrected chi connectivity index (χ1v) is 12.2. The van der Waals surface area contributed by atoms with E-state index in [1.807, 2.05) is 18.0 Å². The molecule has 0 spiro atoms. The van der Waals surface area contributed by atoms with Gasteiger partial charge in [0.2, 0.25) is 0 Å². The van der Waals surface area contributed by atoms with Crippen molar-refractivity contribution in [1.29, 1.82) is 0 Å². The second-order valence-corrected chi connectivity index (χ2v) is 9.05. The van der Waals surface area contributed by atoms with E-state index in [1.54, 1.807) is 0 Å². The Labute approximate surface area is 188 Å². The minimum absolute atomic E-state index is 0.0482. The summed E-state index contributed by atoms with van der Waals surface area (Å²) in [7, 11) is 1.95. The molecule has 31 heavy (non-hydrogen) atoms. The molecule has 0 unspecified atom stereocenters. The number of amides is 2. The maximum atomic E-state index is 13.2. The van der Waals surface area contributed by atoms with Gasteiger partial charge in [-0.1, -0.05) is 37.3 Å². The van der Waals surface area contributed by atoms with Gasteiger partial charge in [0, 0.05) is 51.4 Å². The summed E-state index contributed by atoms with van der Waals surface area (Å²) in [6.07, 6.45) is 6.36. The highest BCUT2D eigenvalue weighted by Gasteiger charge is 2.32. The van der Waals surface area contributed by atoms with Crippen LogP contribution in [0.25, 0.3) is 0 Å². The van der Waals surface area contributed by atoms with Crippen molar-refractivity contribution in [1.82, 2.24) is 15.5 Å². The van der Waals surface area contributed by atoms with Gasteiger partial charge in [0.25, 0.3) is 0 Å². The van der Waals surface area contributed by atoms with Crippen LogP contribution in [0.15, 0.2) is 30.3 Å². The summed E-state index contributed by atoms with van der Waals surface area (Å²) in [5, 5.41) is 6.57. The number of hydrogen-bond donors (Lipinski definition) is 2. The average Bonchev–Trinajstić information content (AvgIpc) is 2.81. The van der Waals surface area contributed by atoms with Gasteiger partial charge in [-0.15, -0.1) is 0 Å². The second kappa shape index (κ2) is 13.0. The molecule has 2 N–H and O–H groups in total. The standard InChI is InChI=1S/C25H41N3O3/c1-3-14-31-24(21-8-5-4-6-9-21)22-10-7-13-28(19-22)25(29)27-23(18-26-2)17-20-11-15-30-16-12-20/h4-6,8-9,20,22-24,26H,3,7,10-19H2,1-2H3,(H,27,29)/t22-,23+,24+/m1/s1. The number of likely N-dealkylation sites (N-methyl/N-ethyl adjacent to an activating group) is 1. The van der Waals surface area contributed by atoms with Crippen LogP contribution in [0.1, 0.15) is 57.1 Å². The third-order valence-corrected chi connectivity index (χ3v) is 6.54. The van der Waals surface area contributed by atoms with Crippen molar-refractivity contribution in [2.24, 2.45) is 11.8 Å². The molecule has 0 saturated carbocycles. The van der Waals surface area contributed by atoms with Crippen molar-refractivity contribution < 1.29 is 14.3 Å². The van der Waals surface area contributed by atoms with Gasteiger partial charge in [-0.25, -0.2) is 4.79 Å². The number of urea groups is 1. The van der Waals surface area contributed by atoms with E-state index in [-0.39, 0.29) is 18.2 Å². The molecule has 2 aliphatic heterocycles. The van der Waals surface area contributed by atoms with Crippen LogP contribution in [0.4, 0.5) is 4.79 Å². The predicted octanol–water partition coefficient (Wildman–Crippen LogP) is 3.98. The number of benzene rings is 1. The summed E-state index contributed by atoms with van der Waals surface area (Å²) in [6, 6.07) is 10.7. The lowest BCUT2D eigenvalue weighted by Gasteiger charge is -2.38. The van der Waals surface area contributed by atoms with Crippen LogP contribution in [0, 0.1) is 11.8 Å². The van der Waals surface area contributed by atoms with Crippen molar-refractivity contribution in [3.63, 3.8) is 0 Å². The van der Waals surface area contributed by atoms with E-state index in [0.29, 0.717) is 11.8 Å². The lowest BCUT2D eigenvalue weighted by atomic mass is 9.88. The fraction of sp³-hybridized carbons (Fsp3) is 0.720. The normalized spacial score (nSPS) is 22.1. The second-order valence-electron chi connectivity index (χ2n) is 9.05. The number of ether oxygens (including phenoxy) is 2. The highest BCUT2D eigenvalue weighted by Crippen LogP contribution is 2.33. The van der Waals surface area contributed by atoms with E-state index >= 15 is 0 Å². The Kier molecular flexibility index (Phi) is 10.1. The first-order valence-electron chi connectivity index (χ1n) is 12.2. The van der Waals surface area contributed by atoms with Crippen LogP contribution >= 0.6 is 0 Å². The topological polar surface area (TPSA) is 62.8 Å². The van der Waals surface area contributed by atoms with E-state index in [2.05, 4.69) is 41.8 Å². The predicted molar refractivity (Wildman–Crippen MR) is 124 cm³/mol. The van der Waals surface area contributed by atoms with Crippen molar-refractivity contribution in [2.45, 2.75) is 57.6 Å². The Morgan fingerprint density at radius 2 is 2.00 bits per heavy atom. The van der Waals surface area contributed by atoms with Gasteiger partial charge in [-0.3, -0.25) is 0 Å². The number of piperidine rings is 1. The summed E-state index contributed by atoms with van der Waals surface area (Å²) in [5.41, 5.74) is 1.22. The molecule has 1 aromatic carbocycles. The Morgan fingerprint density at radius 1 is 1.23 bits per heavy atom. The summed E-state index contributed by atoms with van der Waals surface area (Å²) in [6.45, 7) is 6.95. The summed E-state index contributed by atoms with van der Waals surface area (Å²) in [4.78, 5) is 15.2. The molecule has 2 heterocycles. The van der Waals surface area contributed by atoms with E-state index in [4.69, 9.17) is 9.47 Å². The number of likely N-dealkylation sites (tertiary alicyclic amines) is 1. The van der Waals surface area contributed by atoms with E-state index in [9.17, 15) is 4.79 Å². The van der Waals surface area contributed by atoms with Gasteiger partial charge < -0.3 is 25.0 Å². The summed E-state index contributed by atoms with van der Waals surface area (Å²) >= 11 is 0. The van der Waals surface area contributed by atoms with Crippen molar-refractivity contribution >= 4 is 6.03 Å². The Hall–Kier alpha value is -1.63. The molecule has 2 saturated heterocycles. The number of rotatable bonds is 10. The van der Waals surface area contributed by atoms with E-state index in [0.717, 1.165) is 78.0 Å². The van der Waals surface area contributed by atoms with E-state index < -0.39 is 0 Å². The number of hydrogen-bond acceptors (Lipinski definition) is 4. The molecule has 1 aromatic rings. The highest BCUT2D eigenvalue weighted by atomic mass is 16.5. The number of carbonyl (C=O) groups is 1. The van der Waals surface area contributed by atoms with Crippen molar-refractivity contribution in [3.8, 4) is 0 Å². The van der Waals surface area contributed by atoms with Crippen LogP contribution < -0.4 is 10.6 Å². The Morgan fingerprint density at radius 3 is 2.71 bits per heavy atom. The molecule has 3 atom stereocenters. The molecule has 2 amide bonds. The minimum Gasteiger partial charge on any atom is -0.381 e. The zero-order valence-electron chi connectivity index (χ0n) is 19.4. The van der Waals surface area contributed by atoms with E-state index in [1.165, 1.54) is 5.56 Å². The maximum absolute atomic E-state index is 13.2. The molecule has 2 fully saturated rings. The lowest BCUT2D eigenvalue weighted by molar-refractivity contribution is -0.0101. The third kappa shape index (κ3) is 7.48. The molecule has 6 heteroatoms. The number of carbonyl (C=O) groups excluding carboxylic acids is 1. The molecule has 0 bridgehead atoms. The zero-order chi connectivity index (χ0) is 21.9. The molecule has 174 valence electrons. The van der Waals surface area contributed by atoms with Gasteiger partial charge in [0.15, 0.2) is 0 Å². The molecule has 3 rings (SSSR count). The monoisotopic (exact) mass is 431 g/mol. The maximum Gasteiger partial charge on any atom is 0.317 e. The number of nitrogens with zero attached hydrogens (tertiary/aromatic N) is 1. The van der Waals surface area contributed by atoms with Gasteiger partial charge in [0.1, 0.15) is 0 Å². The molecular weight excluding hydrogens is 390 g/mol. The molecule has 0 radical (unpaired) electrons. The SMILES string of the molecule is CCCO[C@@H](c1ccccc1)[C@@H]1CCCN(C(=O)N[C@H](CNC)CC2CCOCC2)C1. The van der Waals surface area contributed by atoms with Gasteiger partial charge in [-0.05, 0) is 57.1 Å². The molecule has 6 nitrogen and oxygen atoms in total. The van der Waals surface area contributed by atoms with Crippen LogP contribution in [-0.2, 0) is 9.47 Å². The largest absolute Gasteiger partial charge is 0.381 e. The fourth-order valence-electron chi connectivity index (χ4n) is 4.92. The van der Waals surface area contributed by atoms with Gasteiger partial charge in [0.05, 0.1) is 6.10 Å². The summed E-state index contributed by atoms with van der Waals surface area (Å²) < 4.78 is 11.8. The highest BCUT2D eigenvalue weighted by molar-refractivity contribution is 5.74. The van der Waals surface area contributed by atoms with Crippen molar-refractivity contribution in [3.05, 3.63) is 35.9 Å². The first-order chi connectivity index (χ1) is 15.2. The summed E-state index contributed by atoms with van der Waals surface area (Å²) in [5.74, 6) is 0.957. The third-order valence-electron chi connectivity index (χ3n) is 6.54. The Balaban J connectivity index is 1.59. The molecule has 2 aliphatic rings. The first kappa shape index (κ1) is 24.0.